The van der Waals surface area contributed by atoms with Crippen molar-refractivity contribution in [2.24, 2.45) is 5.41 Å². The van der Waals surface area contributed by atoms with Gasteiger partial charge in [0, 0.05) is 18.9 Å². The van der Waals surface area contributed by atoms with E-state index in [9.17, 15) is 0 Å². The molecule has 3 heteroatoms. The molecule has 18 heavy (non-hydrogen) atoms. The standard InChI is InChI=1S/C15H27N3/c1-4-16-13(14-17-11-12-18(14)5-2)15(3)9-7-6-8-10-15/h11-13,16H,4-10H2,1-3H3. The first kappa shape index (κ1) is 13.6. The Bertz CT molecular complexity index is 364. The van der Waals surface area contributed by atoms with Crippen molar-refractivity contribution in [3.63, 3.8) is 0 Å². The third-order valence-electron chi connectivity index (χ3n) is 4.45. The lowest BCUT2D eigenvalue weighted by molar-refractivity contribution is 0.138. The van der Waals surface area contributed by atoms with Crippen LogP contribution in [0.4, 0.5) is 0 Å². The van der Waals surface area contributed by atoms with Crippen LogP contribution in [0.2, 0.25) is 0 Å². The van der Waals surface area contributed by atoms with Gasteiger partial charge in [-0.15, -0.1) is 0 Å². The Balaban J connectivity index is 2.27. The molecule has 1 aliphatic carbocycles. The van der Waals surface area contributed by atoms with E-state index < -0.39 is 0 Å². The average molecular weight is 249 g/mol. The molecule has 0 radical (unpaired) electrons. The maximum absolute atomic E-state index is 4.63. The van der Waals surface area contributed by atoms with E-state index in [0.29, 0.717) is 11.5 Å². The van der Waals surface area contributed by atoms with Gasteiger partial charge in [0.2, 0.25) is 0 Å². The van der Waals surface area contributed by atoms with Crippen molar-refractivity contribution in [1.82, 2.24) is 14.9 Å². The number of nitrogens with one attached hydrogen (secondary N) is 1. The molecule has 0 spiro atoms. The molecule has 3 nitrogen and oxygen atoms in total. The van der Waals surface area contributed by atoms with E-state index in [4.69, 9.17) is 0 Å². The Labute approximate surface area is 111 Å². The summed E-state index contributed by atoms with van der Waals surface area (Å²) in [6.07, 6.45) is 10.8. The number of nitrogens with zero attached hydrogens (tertiary/aromatic N) is 2. The summed E-state index contributed by atoms with van der Waals surface area (Å²) in [7, 11) is 0. The van der Waals surface area contributed by atoms with E-state index >= 15 is 0 Å². The van der Waals surface area contributed by atoms with Gasteiger partial charge in [-0.1, -0.05) is 33.1 Å². The van der Waals surface area contributed by atoms with Crippen LogP contribution in [0.15, 0.2) is 12.4 Å². The lowest BCUT2D eigenvalue weighted by Gasteiger charge is -2.41. The number of hydrogen-bond donors (Lipinski definition) is 1. The van der Waals surface area contributed by atoms with Crippen LogP contribution in [0.5, 0.6) is 0 Å². The second kappa shape index (κ2) is 5.87. The summed E-state index contributed by atoms with van der Waals surface area (Å²) < 4.78 is 2.28. The number of imidazole rings is 1. The van der Waals surface area contributed by atoms with Gasteiger partial charge in [-0.25, -0.2) is 4.98 Å². The minimum Gasteiger partial charge on any atom is -0.334 e. The van der Waals surface area contributed by atoms with Gasteiger partial charge < -0.3 is 9.88 Å². The summed E-state index contributed by atoms with van der Waals surface area (Å²) in [5, 5.41) is 3.69. The minimum absolute atomic E-state index is 0.368. The number of rotatable bonds is 5. The van der Waals surface area contributed by atoms with Crippen molar-refractivity contribution in [2.75, 3.05) is 6.54 Å². The van der Waals surface area contributed by atoms with Crippen LogP contribution in [0.25, 0.3) is 0 Å². The van der Waals surface area contributed by atoms with Crippen LogP contribution in [-0.4, -0.2) is 16.1 Å². The predicted octanol–water partition coefficient (Wildman–Crippen LogP) is 3.52. The lowest BCUT2D eigenvalue weighted by atomic mass is 9.70. The molecule has 1 fully saturated rings. The molecule has 0 saturated heterocycles. The highest BCUT2D eigenvalue weighted by Gasteiger charge is 2.37. The number of aryl methyl sites for hydroxylation is 1. The molecule has 1 atom stereocenters. The van der Waals surface area contributed by atoms with Gasteiger partial charge in [0.15, 0.2) is 0 Å². The first-order chi connectivity index (χ1) is 8.71. The van der Waals surface area contributed by atoms with Crippen LogP contribution < -0.4 is 5.32 Å². The number of hydrogen-bond acceptors (Lipinski definition) is 2. The molecule has 1 aromatic heterocycles. The smallest absolute Gasteiger partial charge is 0.126 e. The van der Waals surface area contributed by atoms with E-state index in [-0.39, 0.29) is 0 Å². The lowest BCUT2D eigenvalue weighted by Crippen LogP contribution is -2.39. The third-order valence-corrected chi connectivity index (χ3v) is 4.45. The second-order valence-corrected chi connectivity index (χ2v) is 5.78. The Kier molecular flexibility index (Phi) is 4.44. The van der Waals surface area contributed by atoms with Crippen molar-refractivity contribution in [3.8, 4) is 0 Å². The molecule has 1 aliphatic rings. The van der Waals surface area contributed by atoms with Crippen molar-refractivity contribution in [2.45, 2.75) is 65.5 Å². The fraction of sp³-hybridized carbons (Fsp3) is 0.800. The SMILES string of the molecule is CCNC(c1nccn1CC)C1(C)CCCCC1. The maximum atomic E-state index is 4.63. The second-order valence-electron chi connectivity index (χ2n) is 5.78. The zero-order valence-electron chi connectivity index (χ0n) is 12.1. The van der Waals surface area contributed by atoms with Gasteiger partial charge in [0.1, 0.15) is 5.82 Å². The molecule has 0 aromatic carbocycles. The molecule has 102 valence electrons. The maximum Gasteiger partial charge on any atom is 0.126 e. The van der Waals surface area contributed by atoms with Gasteiger partial charge in [0.25, 0.3) is 0 Å². The summed E-state index contributed by atoms with van der Waals surface area (Å²) in [5.41, 5.74) is 0.368. The average Bonchev–Trinajstić information content (AvgIpc) is 2.84. The molecule has 1 aromatic rings. The molecular formula is C15H27N3. The summed E-state index contributed by atoms with van der Waals surface area (Å²) in [6.45, 7) is 8.84. The van der Waals surface area contributed by atoms with Crippen molar-refractivity contribution in [1.29, 1.82) is 0 Å². The zero-order chi connectivity index (χ0) is 13.0. The van der Waals surface area contributed by atoms with E-state index in [1.165, 1.54) is 37.9 Å². The fourth-order valence-corrected chi connectivity index (χ4v) is 3.35. The molecule has 0 bridgehead atoms. The molecule has 1 unspecified atom stereocenters. The van der Waals surface area contributed by atoms with Gasteiger partial charge in [-0.05, 0) is 31.7 Å². The monoisotopic (exact) mass is 249 g/mol. The summed E-state index contributed by atoms with van der Waals surface area (Å²) in [6, 6.07) is 0.401. The van der Waals surface area contributed by atoms with Crippen LogP contribution >= 0.6 is 0 Å². The molecule has 0 aliphatic heterocycles. The van der Waals surface area contributed by atoms with Crippen molar-refractivity contribution >= 4 is 0 Å². The molecule has 2 rings (SSSR count). The fourth-order valence-electron chi connectivity index (χ4n) is 3.35. The van der Waals surface area contributed by atoms with Gasteiger partial charge in [-0.2, -0.15) is 0 Å². The Morgan fingerprint density at radius 1 is 1.33 bits per heavy atom. The van der Waals surface area contributed by atoms with Crippen LogP contribution in [0.3, 0.4) is 0 Å². The summed E-state index contributed by atoms with van der Waals surface area (Å²) in [4.78, 5) is 4.63. The summed E-state index contributed by atoms with van der Waals surface area (Å²) >= 11 is 0. The third kappa shape index (κ3) is 2.61. The van der Waals surface area contributed by atoms with Gasteiger partial charge >= 0.3 is 0 Å². The van der Waals surface area contributed by atoms with E-state index in [1.807, 2.05) is 6.20 Å². The van der Waals surface area contributed by atoms with Crippen LogP contribution in [0, 0.1) is 5.41 Å². The first-order valence-electron chi connectivity index (χ1n) is 7.45. The highest BCUT2D eigenvalue weighted by molar-refractivity contribution is 5.06. The molecule has 1 heterocycles. The minimum atomic E-state index is 0.368. The molecule has 1 N–H and O–H groups in total. The Morgan fingerprint density at radius 3 is 2.67 bits per heavy atom. The Morgan fingerprint density at radius 2 is 2.06 bits per heavy atom. The van der Waals surface area contributed by atoms with Crippen LogP contribution in [-0.2, 0) is 6.54 Å². The molecular weight excluding hydrogens is 222 g/mol. The Hall–Kier alpha value is -0.830. The molecule has 0 amide bonds. The quantitative estimate of drug-likeness (QED) is 0.865. The largest absolute Gasteiger partial charge is 0.334 e. The normalized spacial score (nSPS) is 20.8. The van der Waals surface area contributed by atoms with Crippen molar-refractivity contribution < 1.29 is 0 Å². The highest BCUT2D eigenvalue weighted by atomic mass is 15.1. The van der Waals surface area contributed by atoms with E-state index in [1.54, 1.807) is 0 Å². The van der Waals surface area contributed by atoms with E-state index in [0.717, 1.165) is 13.1 Å². The molecule has 1 saturated carbocycles. The predicted molar refractivity (Wildman–Crippen MR) is 75.5 cm³/mol. The van der Waals surface area contributed by atoms with Crippen LogP contribution in [0.1, 0.15) is 64.7 Å². The highest BCUT2D eigenvalue weighted by Crippen LogP contribution is 2.45. The van der Waals surface area contributed by atoms with Gasteiger partial charge in [0.05, 0.1) is 6.04 Å². The summed E-state index contributed by atoms with van der Waals surface area (Å²) in [5.74, 6) is 1.23. The zero-order valence-corrected chi connectivity index (χ0v) is 12.1. The van der Waals surface area contributed by atoms with E-state index in [2.05, 4.69) is 41.8 Å². The topological polar surface area (TPSA) is 29.9 Å². The van der Waals surface area contributed by atoms with Crippen molar-refractivity contribution in [3.05, 3.63) is 18.2 Å². The number of aromatic nitrogens is 2. The van der Waals surface area contributed by atoms with Gasteiger partial charge in [-0.3, -0.25) is 0 Å². The first-order valence-corrected chi connectivity index (χ1v) is 7.45.